The molecule has 2 heterocycles. The summed E-state index contributed by atoms with van der Waals surface area (Å²) in [6.07, 6.45) is 3.69. The lowest BCUT2D eigenvalue weighted by Crippen LogP contribution is -2.13. The Labute approximate surface area is 151 Å². The van der Waals surface area contributed by atoms with Gasteiger partial charge in [-0.15, -0.1) is 0 Å². The van der Waals surface area contributed by atoms with Gasteiger partial charge in [-0.1, -0.05) is 18.2 Å². The standard InChI is InChI=1S/C21H19N3O2/c1-13-8-9-22-20(10-13)24-21(16-7-6-14(25)11-19(16)26)17-12-23-18-5-3-2-4-15(17)18/h2-12,21,23,25-26H,1H3,(H,22,24). The Hall–Kier alpha value is -3.47. The Balaban J connectivity index is 1.86. The summed E-state index contributed by atoms with van der Waals surface area (Å²) in [4.78, 5) is 7.66. The first kappa shape index (κ1) is 16.0. The van der Waals surface area contributed by atoms with Gasteiger partial charge in [-0.2, -0.15) is 0 Å². The SMILES string of the molecule is Cc1ccnc(NC(c2ccc(O)cc2O)c2c[nH]c3ccccc23)c1. The molecule has 5 heteroatoms. The molecule has 0 fully saturated rings. The molecule has 0 aliphatic rings. The first-order valence-corrected chi connectivity index (χ1v) is 8.39. The van der Waals surface area contributed by atoms with E-state index in [1.54, 1.807) is 18.3 Å². The van der Waals surface area contributed by atoms with Crippen molar-refractivity contribution in [2.75, 3.05) is 5.32 Å². The van der Waals surface area contributed by atoms with Crippen LogP contribution in [0.3, 0.4) is 0 Å². The average Bonchev–Trinajstić information content (AvgIpc) is 3.04. The second-order valence-corrected chi connectivity index (χ2v) is 6.33. The predicted molar refractivity (Wildman–Crippen MR) is 103 cm³/mol. The van der Waals surface area contributed by atoms with Crippen LogP contribution in [0.1, 0.15) is 22.7 Å². The molecule has 0 bridgehead atoms. The number of aromatic hydroxyl groups is 2. The van der Waals surface area contributed by atoms with Gasteiger partial charge in [-0.25, -0.2) is 4.98 Å². The number of anilines is 1. The predicted octanol–water partition coefficient (Wildman–Crippen LogP) is 4.48. The summed E-state index contributed by atoms with van der Waals surface area (Å²) in [5.74, 6) is 0.769. The number of H-pyrrole nitrogens is 1. The van der Waals surface area contributed by atoms with Gasteiger partial charge in [0.2, 0.25) is 0 Å². The zero-order valence-electron chi connectivity index (χ0n) is 14.3. The molecule has 0 spiro atoms. The number of hydrogen-bond donors (Lipinski definition) is 4. The number of rotatable bonds is 4. The molecule has 5 nitrogen and oxygen atoms in total. The van der Waals surface area contributed by atoms with Crippen LogP contribution in [0.4, 0.5) is 5.82 Å². The Morgan fingerprint density at radius 2 is 1.85 bits per heavy atom. The van der Waals surface area contributed by atoms with Gasteiger partial charge in [0, 0.05) is 40.5 Å². The number of hydrogen-bond acceptors (Lipinski definition) is 4. The van der Waals surface area contributed by atoms with Crippen LogP contribution in [0.5, 0.6) is 11.5 Å². The van der Waals surface area contributed by atoms with Gasteiger partial charge in [-0.05, 0) is 42.8 Å². The molecule has 0 aliphatic carbocycles. The monoisotopic (exact) mass is 345 g/mol. The van der Waals surface area contributed by atoms with Crippen LogP contribution >= 0.6 is 0 Å². The first-order chi connectivity index (χ1) is 12.6. The quantitative estimate of drug-likeness (QED) is 0.439. The average molecular weight is 345 g/mol. The van der Waals surface area contributed by atoms with Gasteiger partial charge in [0.05, 0.1) is 6.04 Å². The molecular formula is C21H19N3O2. The Kier molecular flexibility index (Phi) is 3.97. The fourth-order valence-electron chi connectivity index (χ4n) is 3.19. The second-order valence-electron chi connectivity index (χ2n) is 6.33. The number of phenols is 2. The maximum absolute atomic E-state index is 10.4. The number of nitrogens with one attached hydrogen (secondary N) is 2. The largest absolute Gasteiger partial charge is 0.508 e. The molecule has 0 saturated carbocycles. The summed E-state index contributed by atoms with van der Waals surface area (Å²) >= 11 is 0. The van der Waals surface area contributed by atoms with E-state index in [4.69, 9.17) is 0 Å². The summed E-state index contributed by atoms with van der Waals surface area (Å²) in [6, 6.07) is 16.2. The van der Waals surface area contributed by atoms with Crippen molar-refractivity contribution in [1.29, 1.82) is 0 Å². The molecule has 0 amide bonds. The highest BCUT2D eigenvalue weighted by Crippen LogP contribution is 2.37. The highest BCUT2D eigenvalue weighted by molar-refractivity contribution is 5.84. The van der Waals surface area contributed by atoms with E-state index in [1.807, 2.05) is 49.5 Å². The molecule has 0 radical (unpaired) electrons. The highest BCUT2D eigenvalue weighted by atomic mass is 16.3. The molecule has 4 rings (SSSR count). The van der Waals surface area contributed by atoms with E-state index >= 15 is 0 Å². The smallest absolute Gasteiger partial charge is 0.126 e. The van der Waals surface area contributed by atoms with Gasteiger partial charge in [0.1, 0.15) is 17.3 Å². The van der Waals surface area contributed by atoms with E-state index in [0.717, 1.165) is 22.0 Å². The van der Waals surface area contributed by atoms with E-state index in [9.17, 15) is 10.2 Å². The minimum absolute atomic E-state index is 0.0256. The van der Waals surface area contributed by atoms with Crippen molar-refractivity contribution in [2.24, 2.45) is 0 Å². The molecular weight excluding hydrogens is 326 g/mol. The van der Waals surface area contributed by atoms with Gasteiger partial charge in [0.25, 0.3) is 0 Å². The lowest BCUT2D eigenvalue weighted by atomic mass is 9.97. The Morgan fingerprint density at radius 1 is 1.00 bits per heavy atom. The van der Waals surface area contributed by atoms with Gasteiger partial charge >= 0.3 is 0 Å². The summed E-state index contributed by atoms with van der Waals surface area (Å²) in [5, 5.41) is 24.6. The number of phenolic OH excluding ortho intramolecular Hbond substituents is 2. The van der Waals surface area contributed by atoms with Crippen LogP contribution in [0.15, 0.2) is 67.0 Å². The summed E-state index contributed by atoms with van der Waals surface area (Å²) in [6.45, 7) is 2.01. The van der Waals surface area contributed by atoms with E-state index in [2.05, 4.69) is 15.3 Å². The second kappa shape index (κ2) is 6.44. The zero-order chi connectivity index (χ0) is 18.1. The third-order valence-electron chi connectivity index (χ3n) is 4.46. The number of para-hydroxylation sites is 1. The first-order valence-electron chi connectivity index (χ1n) is 8.39. The molecule has 2 aromatic carbocycles. The number of aryl methyl sites for hydroxylation is 1. The third-order valence-corrected chi connectivity index (χ3v) is 4.46. The highest BCUT2D eigenvalue weighted by Gasteiger charge is 2.21. The van der Waals surface area contributed by atoms with Crippen molar-refractivity contribution < 1.29 is 10.2 Å². The normalized spacial score (nSPS) is 12.2. The Morgan fingerprint density at radius 3 is 2.65 bits per heavy atom. The van der Waals surface area contributed by atoms with Crippen molar-refractivity contribution in [1.82, 2.24) is 9.97 Å². The van der Waals surface area contributed by atoms with E-state index in [-0.39, 0.29) is 17.5 Å². The fraction of sp³-hybridized carbons (Fsp3) is 0.0952. The van der Waals surface area contributed by atoms with Crippen LogP contribution in [-0.2, 0) is 0 Å². The van der Waals surface area contributed by atoms with E-state index in [0.29, 0.717) is 11.4 Å². The molecule has 0 aliphatic heterocycles. The van der Waals surface area contributed by atoms with Gasteiger partial charge < -0.3 is 20.5 Å². The number of pyridine rings is 1. The molecule has 130 valence electrons. The van der Waals surface area contributed by atoms with Crippen LogP contribution < -0.4 is 5.32 Å². The van der Waals surface area contributed by atoms with E-state index < -0.39 is 0 Å². The molecule has 4 N–H and O–H groups in total. The number of aromatic nitrogens is 2. The molecule has 1 unspecified atom stereocenters. The maximum Gasteiger partial charge on any atom is 0.126 e. The van der Waals surface area contributed by atoms with Crippen molar-refractivity contribution in [2.45, 2.75) is 13.0 Å². The summed E-state index contributed by atoms with van der Waals surface area (Å²) < 4.78 is 0. The number of benzene rings is 2. The summed E-state index contributed by atoms with van der Waals surface area (Å²) in [5.41, 5.74) is 3.76. The minimum Gasteiger partial charge on any atom is -0.508 e. The van der Waals surface area contributed by atoms with Gasteiger partial charge in [-0.3, -0.25) is 0 Å². The lowest BCUT2D eigenvalue weighted by Gasteiger charge is -2.21. The number of aromatic amines is 1. The third kappa shape index (κ3) is 2.95. The van der Waals surface area contributed by atoms with Crippen LogP contribution in [-0.4, -0.2) is 20.2 Å². The van der Waals surface area contributed by atoms with Crippen LogP contribution in [0, 0.1) is 6.92 Å². The van der Waals surface area contributed by atoms with Crippen molar-refractivity contribution in [3.8, 4) is 11.5 Å². The molecule has 2 aromatic heterocycles. The van der Waals surface area contributed by atoms with Crippen molar-refractivity contribution in [3.05, 3.63) is 83.7 Å². The number of fused-ring (bicyclic) bond motifs is 1. The minimum atomic E-state index is -0.332. The van der Waals surface area contributed by atoms with E-state index in [1.165, 1.54) is 6.07 Å². The molecule has 1 atom stereocenters. The summed E-state index contributed by atoms with van der Waals surface area (Å²) in [7, 11) is 0. The zero-order valence-corrected chi connectivity index (χ0v) is 14.3. The van der Waals surface area contributed by atoms with Gasteiger partial charge in [0.15, 0.2) is 0 Å². The van der Waals surface area contributed by atoms with Crippen LogP contribution in [0.25, 0.3) is 10.9 Å². The van der Waals surface area contributed by atoms with Crippen LogP contribution in [0.2, 0.25) is 0 Å². The maximum atomic E-state index is 10.4. The Bertz CT molecular complexity index is 1070. The molecule has 26 heavy (non-hydrogen) atoms. The molecule has 0 saturated heterocycles. The van der Waals surface area contributed by atoms with Crippen molar-refractivity contribution in [3.63, 3.8) is 0 Å². The molecule has 4 aromatic rings. The van der Waals surface area contributed by atoms with Crippen molar-refractivity contribution >= 4 is 16.7 Å². The number of nitrogens with zero attached hydrogens (tertiary/aromatic N) is 1. The fourth-order valence-corrected chi connectivity index (χ4v) is 3.19. The lowest BCUT2D eigenvalue weighted by molar-refractivity contribution is 0.445. The topological polar surface area (TPSA) is 81.2 Å².